The Morgan fingerprint density at radius 3 is 2.28 bits per heavy atom. The molecule has 0 spiro atoms. The van der Waals surface area contributed by atoms with E-state index in [9.17, 15) is 4.79 Å². The Hall–Kier alpha value is -2.75. The zero-order valence-corrected chi connectivity index (χ0v) is 15.0. The first kappa shape index (κ1) is 17.1. The predicted molar refractivity (Wildman–Crippen MR) is 99.7 cm³/mol. The van der Waals surface area contributed by atoms with Gasteiger partial charge in [-0.2, -0.15) is 0 Å². The zero-order valence-electron chi connectivity index (χ0n) is 15.0. The van der Waals surface area contributed by atoms with Gasteiger partial charge in [0.15, 0.2) is 5.43 Å². The van der Waals surface area contributed by atoms with Crippen molar-refractivity contribution < 1.29 is 13.9 Å². The smallest absolute Gasteiger partial charge is 0.190 e. The molecule has 0 aliphatic rings. The van der Waals surface area contributed by atoms with Crippen molar-refractivity contribution in [2.24, 2.45) is 0 Å². The second kappa shape index (κ2) is 7.01. The number of ether oxygens (including phenoxy) is 2. The first-order valence-corrected chi connectivity index (χ1v) is 8.40. The molecule has 3 rings (SSSR count). The van der Waals surface area contributed by atoms with Gasteiger partial charge in [-0.1, -0.05) is 19.1 Å². The molecule has 0 amide bonds. The average molecular weight is 338 g/mol. The van der Waals surface area contributed by atoms with E-state index in [1.165, 1.54) is 0 Å². The topological polar surface area (TPSA) is 48.7 Å². The Labute approximate surface area is 147 Å². The lowest BCUT2D eigenvalue weighted by Gasteiger charge is -2.06. The normalized spacial score (nSPS) is 10.9. The van der Waals surface area contributed by atoms with Crippen LogP contribution in [0.4, 0.5) is 0 Å². The minimum atomic E-state index is -0.0750. The third-order valence-corrected chi connectivity index (χ3v) is 4.21. The second-order valence-electron chi connectivity index (χ2n) is 6.01. The number of hydrogen-bond acceptors (Lipinski definition) is 4. The van der Waals surface area contributed by atoms with Gasteiger partial charge in [0.25, 0.3) is 0 Å². The molecule has 0 unspecified atom stereocenters. The highest BCUT2D eigenvalue weighted by atomic mass is 16.5. The molecule has 0 bridgehead atoms. The average Bonchev–Trinajstić information content (AvgIpc) is 2.81. The van der Waals surface area contributed by atoms with Gasteiger partial charge in [-0.25, -0.2) is 0 Å². The summed E-state index contributed by atoms with van der Waals surface area (Å²) in [5.41, 5.74) is 1.66. The van der Waals surface area contributed by atoms with Gasteiger partial charge in [-0.05, 0) is 55.7 Å². The van der Waals surface area contributed by atoms with Crippen LogP contribution in [0.1, 0.15) is 24.9 Å². The number of rotatable bonds is 5. The van der Waals surface area contributed by atoms with E-state index in [4.69, 9.17) is 13.9 Å². The molecule has 0 N–H and O–H groups in total. The minimum absolute atomic E-state index is 0.0750. The Morgan fingerprint density at radius 1 is 0.960 bits per heavy atom. The molecular weight excluding hydrogens is 316 g/mol. The van der Waals surface area contributed by atoms with Crippen molar-refractivity contribution in [1.29, 1.82) is 0 Å². The van der Waals surface area contributed by atoms with Crippen molar-refractivity contribution >= 4 is 10.8 Å². The van der Waals surface area contributed by atoms with E-state index < -0.39 is 0 Å². The van der Waals surface area contributed by atoms with Crippen LogP contribution in [0.25, 0.3) is 21.9 Å². The maximum Gasteiger partial charge on any atom is 0.190 e. The van der Waals surface area contributed by atoms with Gasteiger partial charge in [0.05, 0.1) is 24.5 Å². The number of fused-ring (bicyclic) bond motifs is 1. The molecule has 0 atom stereocenters. The highest BCUT2D eigenvalue weighted by molar-refractivity contribution is 5.92. The highest BCUT2D eigenvalue weighted by Crippen LogP contribution is 2.33. The lowest BCUT2D eigenvalue weighted by Crippen LogP contribution is -1.96. The molecule has 0 aliphatic carbocycles. The molecule has 0 radical (unpaired) electrons. The number of aryl methyl sites for hydroxylation is 2. The lowest BCUT2D eigenvalue weighted by atomic mass is 10.1. The molecule has 0 fully saturated rings. The summed E-state index contributed by atoms with van der Waals surface area (Å²) in [5.74, 6) is 2.76. The molecule has 25 heavy (non-hydrogen) atoms. The van der Waals surface area contributed by atoms with E-state index in [2.05, 4.69) is 6.92 Å². The standard InChI is InChI=1S/C21H22O4/c1-5-10-24-17-8-6-15(7-9-17)16-11-18(22)20-13(2)25-14(3)21(20)19(12-16)23-4/h6-9,11-12H,5,10H2,1-4H3. The van der Waals surface area contributed by atoms with Crippen LogP contribution in [0.15, 0.2) is 45.6 Å². The van der Waals surface area contributed by atoms with E-state index in [1.54, 1.807) is 20.1 Å². The summed E-state index contributed by atoms with van der Waals surface area (Å²) in [4.78, 5) is 12.7. The summed E-state index contributed by atoms with van der Waals surface area (Å²) >= 11 is 0. The third kappa shape index (κ3) is 3.25. The molecule has 1 heterocycles. The summed E-state index contributed by atoms with van der Waals surface area (Å²) in [6.45, 7) is 6.41. The van der Waals surface area contributed by atoms with E-state index in [0.29, 0.717) is 29.3 Å². The molecule has 2 aromatic carbocycles. The van der Waals surface area contributed by atoms with Crippen LogP contribution in [-0.4, -0.2) is 13.7 Å². The molecule has 3 aromatic rings. The third-order valence-electron chi connectivity index (χ3n) is 4.21. The fourth-order valence-electron chi connectivity index (χ4n) is 3.04. The van der Waals surface area contributed by atoms with Crippen LogP contribution in [0.2, 0.25) is 0 Å². The Balaban J connectivity index is 2.16. The summed E-state index contributed by atoms with van der Waals surface area (Å²) < 4.78 is 16.8. The van der Waals surface area contributed by atoms with Gasteiger partial charge in [0.2, 0.25) is 0 Å². The number of furan rings is 1. The van der Waals surface area contributed by atoms with Gasteiger partial charge in [-0.15, -0.1) is 0 Å². The van der Waals surface area contributed by atoms with E-state index >= 15 is 0 Å². The van der Waals surface area contributed by atoms with Crippen LogP contribution in [0, 0.1) is 13.8 Å². The molecule has 4 nitrogen and oxygen atoms in total. The highest BCUT2D eigenvalue weighted by Gasteiger charge is 2.15. The summed E-state index contributed by atoms with van der Waals surface area (Å²) in [6.07, 6.45) is 0.965. The number of benzene rings is 1. The first-order valence-electron chi connectivity index (χ1n) is 8.40. The van der Waals surface area contributed by atoms with Crippen molar-refractivity contribution in [3.63, 3.8) is 0 Å². The van der Waals surface area contributed by atoms with Crippen LogP contribution in [-0.2, 0) is 0 Å². The second-order valence-corrected chi connectivity index (χ2v) is 6.01. The maximum atomic E-state index is 12.7. The molecule has 0 saturated heterocycles. The van der Waals surface area contributed by atoms with E-state index in [1.807, 2.05) is 37.3 Å². The van der Waals surface area contributed by atoms with Crippen LogP contribution in [0.3, 0.4) is 0 Å². The molecule has 1 aromatic heterocycles. The maximum absolute atomic E-state index is 12.7. The Kier molecular flexibility index (Phi) is 4.79. The monoisotopic (exact) mass is 338 g/mol. The van der Waals surface area contributed by atoms with Crippen molar-refractivity contribution in [2.45, 2.75) is 27.2 Å². The zero-order chi connectivity index (χ0) is 18.0. The van der Waals surface area contributed by atoms with Crippen LogP contribution < -0.4 is 14.9 Å². The van der Waals surface area contributed by atoms with Gasteiger partial charge >= 0.3 is 0 Å². The number of hydrogen-bond donors (Lipinski definition) is 0. The summed E-state index contributed by atoms with van der Waals surface area (Å²) in [6, 6.07) is 11.3. The quantitative estimate of drug-likeness (QED) is 0.665. The SMILES string of the molecule is CCCOc1ccc(-c2cc(OC)c3c(C)oc(C)c3c(=O)c2)cc1. The minimum Gasteiger partial charge on any atom is -0.496 e. The van der Waals surface area contributed by atoms with Crippen LogP contribution >= 0.6 is 0 Å². The Morgan fingerprint density at radius 2 is 1.64 bits per heavy atom. The van der Waals surface area contributed by atoms with E-state index in [0.717, 1.165) is 28.7 Å². The fourth-order valence-corrected chi connectivity index (χ4v) is 3.04. The lowest BCUT2D eigenvalue weighted by molar-refractivity contribution is 0.317. The first-order chi connectivity index (χ1) is 12.0. The molecule has 0 aliphatic heterocycles. The van der Waals surface area contributed by atoms with E-state index in [-0.39, 0.29) is 5.43 Å². The van der Waals surface area contributed by atoms with Gasteiger partial charge in [0.1, 0.15) is 23.0 Å². The molecule has 130 valence electrons. The summed E-state index contributed by atoms with van der Waals surface area (Å²) in [7, 11) is 1.60. The molecule has 4 heteroatoms. The van der Waals surface area contributed by atoms with Crippen molar-refractivity contribution in [2.75, 3.05) is 13.7 Å². The van der Waals surface area contributed by atoms with Crippen molar-refractivity contribution in [3.8, 4) is 22.6 Å². The predicted octanol–water partition coefficient (Wildman–Crippen LogP) is 4.87. The van der Waals surface area contributed by atoms with Crippen molar-refractivity contribution in [1.82, 2.24) is 0 Å². The molecular formula is C21H22O4. The Bertz CT molecular complexity index is 952. The van der Waals surface area contributed by atoms with Gasteiger partial charge in [0, 0.05) is 0 Å². The van der Waals surface area contributed by atoms with Gasteiger partial charge in [-0.3, -0.25) is 4.79 Å². The van der Waals surface area contributed by atoms with Crippen molar-refractivity contribution in [3.05, 3.63) is 58.1 Å². The summed E-state index contributed by atoms with van der Waals surface area (Å²) in [5, 5.41) is 1.31. The number of methoxy groups -OCH3 is 1. The largest absolute Gasteiger partial charge is 0.496 e. The molecule has 0 saturated carbocycles. The van der Waals surface area contributed by atoms with Crippen LogP contribution in [0.5, 0.6) is 11.5 Å². The fraction of sp³-hybridized carbons (Fsp3) is 0.286. The van der Waals surface area contributed by atoms with Gasteiger partial charge < -0.3 is 13.9 Å².